The number of anilines is 2. The molecular weight excluding hydrogens is 414 g/mol. The van der Waals surface area contributed by atoms with Crippen LogP contribution >= 0.6 is 11.6 Å². The van der Waals surface area contributed by atoms with Crippen LogP contribution in [0.4, 0.5) is 11.4 Å². The van der Waals surface area contributed by atoms with E-state index in [1.807, 2.05) is 24.3 Å². The molecule has 0 saturated heterocycles. The van der Waals surface area contributed by atoms with Crippen molar-refractivity contribution < 1.29 is 9.90 Å². The van der Waals surface area contributed by atoms with Crippen LogP contribution in [0.3, 0.4) is 0 Å². The van der Waals surface area contributed by atoms with E-state index in [1.165, 1.54) is 0 Å². The van der Waals surface area contributed by atoms with Crippen LogP contribution in [0, 0.1) is 17.3 Å². The zero-order chi connectivity index (χ0) is 21.8. The summed E-state index contributed by atoms with van der Waals surface area (Å²) in [5.41, 5.74) is 1.64. The fourth-order valence-electron chi connectivity index (χ4n) is 7.13. The van der Waals surface area contributed by atoms with Crippen LogP contribution in [0.1, 0.15) is 57.4 Å². The Bertz CT molecular complexity index is 1080. The van der Waals surface area contributed by atoms with Gasteiger partial charge in [0.2, 0.25) is 0 Å². The van der Waals surface area contributed by atoms with Crippen LogP contribution in [0.25, 0.3) is 0 Å². The summed E-state index contributed by atoms with van der Waals surface area (Å²) in [6, 6.07) is 7.95. The third-order valence-corrected chi connectivity index (χ3v) is 8.08. The second-order valence-electron chi connectivity index (χ2n) is 9.98. The molecule has 31 heavy (non-hydrogen) atoms. The number of aromatic nitrogens is 2. The summed E-state index contributed by atoms with van der Waals surface area (Å²) < 4.78 is 1.60. The minimum Gasteiger partial charge on any atom is -0.481 e. The van der Waals surface area contributed by atoms with Gasteiger partial charge >= 0.3 is 5.97 Å². The van der Waals surface area contributed by atoms with E-state index in [-0.39, 0.29) is 22.4 Å². The van der Waals surface area contributed by atoms with E-state index < -0.39 is 11.5 Å². The van der Waals surface area contributed by atoms with E-state index in [1.54, 1.807) is 10.9 Å². The molecule has 0 radical (unpaired) electrons. The predicted molar refractivity (Wildman–Crippen MR) is 120 cm³/mol. The lowest BCUT2D eigenvalue weighted by Crippen LogP contribution is -2.59. The molecule has 164 valence electrons. The predicted octanol–water partition coefficient (Wildman–Crippen LogP) is 4.97. The number of halogens is 1. The van der Waals surface area contributed by atoms with Crippen molar-refractivity contribution in [2.75, 3.05) is 5.32 Å². The summed E-state index contributed by atoms with van der Waals surface area (Å²) in [6.07, 6.45) is 8.21. The van der Waals surface area contributed by atoms with Gasteiger partial charge in [0.05, 0.1) is 23.8 Å². The number of hydrogen-bond donors (Lipinski definition) is 2. The Hall–Kier alpha value is -2.34. The zero-order valence-electron chi connectivity index (χ0n) is 17.7. The third kappa shape index (κ3) is 3.45. The molecular formula is C24H28ClN3O3. The molecule has 4 bridgehead atoms. The SMILES string of the molecule is CCc1ccccc1Nc1cnn(C23C[C@H]4C[C@@H](CC(CC(=O)O)(C4)C2)C3)c(=O)c1Cl. The van der Waals surface area contributed by atoms with E-state index in [0.29, 0.717) is 23.9 Å². The summed E-state index contributed by atoms with van der Waals surface area (Å²) in [4.78, 5) is 25.0. The number of hydrogen-bond acceptors (Lipinski definition) is 4. The van der Waals surface area contributed by atoms with Gasteiger partial charge in [-0.3, -0.25) is 9.59 Å². The molecule has 0 amide bonds. The zero-order valence-corrected chi connectivity index (χ0v) is 18.5. The molecule has 0 aliphatic heterocycles. The molecule has 2 atom stereocenters. The highest BCUT2D eigenvalue weighted by Gasteiger charge is 2.59. The van der Waals surface area contributed by atoms with Crippen LogP contribution in [0.2, 0.25) is 5.02 Å². The van der Waals surface area contributed by atoms with Crippen molar-refractivity contribution in [3.63, 3.8) is 0 Å². The van der Waals surface area contributed by atoms with Gasteiger partial charge in [-0.2, -0.15) is 5.10 Å². The van der Waals surface area contributed by atoms with Gasteiger partial charge in [-0.1, -0.05) is 36.7 Å². The molecule has 1 aromatic carbocycles. The van der Waals surface area contributed by atoms with Crippen LogP contribution in [0.5, 0.6) is 0 Å². The molecule has 6 rings (SSSR count). The molecule has 4 saturated carbocycles. The monoisotopic (exact) mass is 441 g/mol. The lowest BCUT2D eigenvalue weighted by Gasteiger charge is -2.61. The fraction of sp³-hybridized carbons (Fsp3) is 0.542. The standard InChI is InChI=1S/C24H28ClN3O3/c1-2-17-5-3-4-6-18(17)27-19-13-26-28(22(31)21(19)25)24-10-15-7-16(11-24)9-23(8-15,14-24)12-20(29)30/h3-6,13,15-16,27H,2,7-12,14H2,1H3,(H,29,30)/t15-,16-,23?,24?/m0/s1. The van der Waals surface area contributed by atoms with Crippen molar-refractivity contribution in [2.45, 2.75) is 63.8 Å². The molecule has 0 unspecified atom stereocenters. The molecule has 4 aliphatic carbocycles. The Labute approximate surface area is 186 Å². The lowest BCUT2D eigenvalue weighted by molar-refractivity contribution is -0.151. The number of rotatable bonds is 6. The number of aliphatic carboxylic acids is 1. The lowest BCUT2D eigenvalue weighted by atomic mass is 9.46. The first kappa shape index (κ1) is 20.6. The molecule has 7 heteroatoms. The minimum absolute atomic E-state index is 0.143. The maximum Gasteiger partial charge on any atom is 0.303 e. The summed E-state index contributed by atoms with van der Waals surface area (Å²) in [5.74, 6) is 0.175. The van der Waals surface area contributed by atoms with Crippen molar-refractivity contribution in [1.29, 1.82) is 0 Å². The van der Waals surface area contributed by atoms with Crippen molar-refractivity contribution in [2.24, 2.45) is 17.3 Å². The maximum atomic E-state index is 13.4. The highest BCUT2D eigenvalue weighted by Crippen LogP contribution is 2.65. The molecule has 4 fully saturated rings. The fourth-order valence-corrected chi connectivity index (χ4v) is 7.31. The highest BCUT2D eigenvalue weighted by atomic mass is 35.5. The second-order valence-corrected chi connectivity index (χ2v) is 10.4. The van der Waals surface area contributed by atoms with E-state index in [0.717, 1.165) is 49.8 Å². The molecule has 1 aromatic heterocycles. The third-order valence-electron chi connectivity index (χ3n) is 7.71. The van der Waals surface area contributed by atoms with Gasteiger partial charge in [0, 0.05) is 5.69 Å². The van der Waals surface area contributed by atoms with Gasteiger partial charge < -0.3 is 10.4 Å². The first-order valence-electron chi connectivity index (χ1n) is 11.2. The summed E-state index contributed by atoms with van der Waals surface area (Å²) in [6.45, 7) is 2.08. The molecule has 4 aliphatic rings. The molecule has 1 heterocycles. The van der Waals surface area contributed by atoms with Gasteiger partial charge in [-0.05, 0) is 73.8 Å². The maximum absolute atomic E-state index is 13.4. The normalized spacial score (nSPS) is 31.0. The smallest absolute Gasteiger partial charge is 0.303 e. The number of carboxylic acid groups (broad SMARTS) is 1. The van der Waals surface area contributed by atoms with E-state index in [4.69, 9.17) is 11.6 Å². The Morgan fingerprint density at radius 1 is 1.23 bits per heavy atom. The van der Waals surface area contributed by atoms with Crippen LogP contribution in [-0.2, 0) is 16.8 Å². The highest BCUT2D eigenvalue weighted by molar-refractivity contribution is 6.33. The number of nitrogens with zero attached hydrogens (tertiary/aromatic N) is 2. The molecule has 2 N–H and O–H groups in total. The van der Waals surface area contributed by atoms with E-state index >= 15 is 0 Å². The Kier molecular flexibility index (Phi) is 4.88. The molecule has 6 nitrogen and oxygen atoms in total. The van der Waals surface area contributed by atoms with Crippen LogP contribution < -0.4 is 10.9 Å². The van der Waals surface area contributed by atoms with Crippen molar-refractivity contribution in [1.82, 2.24) is 9.78 Å². The number of aryl methyl sites for hydroxylation is 1. The van der Waals surface area contributed by atoms with E-state index in [2.05, 4.69) is 17.3 Å². The van der Waals surface area contributed by atoms with Gasteiger partial charge in [0.15, 0.2) is 0 Å². The number of carboxylic acids is 1. The Balaban J connectivity index is 1.51. The summed E-state index contributed by atoms with van der Waals surface area (Å²) in [7, 11) is 0. The average molecular weight is 442 g/mol. The van der Waals surface area contributed by atoms with Crippen LogP contribution in [0.15, 0.2) is 35.3 Å². The number of carbonyl (C=O) groups is 1. The number of para-hydroxylation sites is 1. The molecule has 2 aromatic rings. The minimum atomic E-state index is -0.746. The quantitative estimate of drug-likeness (QED) is 0.660. The van der Waals surface area contributed by atoms with Gasteiger partial charge in [-0.15, -0.1) is 0 Å². The largest absolute Gasteiger partial charge is 0.481 e. The van der Waals surface area contributed by atoms with E-state index in [9.17, 15) is 14.7 Å². The van der Waals surface area contributed by atoms with Crippen molar-refractivity contribution in [3.8, 4) is 0 Å². The first-order chi connectivity index (χ1) is 14.8. The van der Waals surface area contributed by atoms with Crippen LogP contribution in [-0.4, -0.2) is 20.9 Å². The van der Waals surface area contributed by atoms with Gasteiger partial charge in [0.25, 0.3) is 5.56 Å². The van der Waals surface area contributed by atoms with Crippen molar-refractivity contribution in [3.05, 3.63) is 51.4 Å². The van der Waals surface area contributed by atoms with Gasteiger partial charge in [-0.25, -0.2) is 4.68 Å². The summed E-state index contributed by atoms with van der Waals surface area (Å²) in [5, 5.41) is 17.6. The Morgan fingerprint density at radius 3 is 2.61 bits per heavy atom. The summed E-state index contributed by atoms with van der Waals surface area (Å²) >= 11 is 6.57. The van der Waals surface area contributed by atoms with Gasteiger partial charge in [0.1, 0.15) is 5.02 Å². The number of nitrogens with one attached hydrogen (secondary N) is 1. The first-order valence-corrected chi connectivity index (χ1v) is 11.6. The topological polar surface area (TPSA) is 84.2 Å². The number of benzene rings is 1. The average Bonchev–Trinajstić information content (AvgIpc) is 2.69. The second kappa shape index (κ2) is 7.37. The Morgan fingerprint density at radius 2 is 1.94 bits per heavy atom. The molecule has 0 spiro atoms. The van der Waals surface area contributed by atoms with Crippen molar-refractivity contribution >= 4 is 28.9 Å².